The van der Waals surface area contributed by atoms with Gasteiger partial charge in [0.25, 0.3) is 0 Å². The normalized spacial score (nSPS) is 23.3. The number of aryl methyl sites for hydroxylation is 1. The van der Waals surface area contributed by atoms with Crippen LogP contribution in [0.4, 0.5) is 0 Å². The molecule has 3 aromatic rings. The van der Waals surface area contributed by atoms with Crippen LogP contribution in [0.3, 0.4) is 0 Å². The van der Waals surface area contributed by atoms with E-state index in [4.69, 9.17) is 9.47 Å². The Morgan fingerprint density at radius 3 is 2.12 bits per heavy atom. The van der Waals surface area contributed by atoms with Gasteiger partial charge in [0.1, 0.15) is 58.7 Å². The monoisotopic (exact) mass is 582 g/mol. The van der Waals surface area contributed by atoms with E-state index in [1.165, 1.54) is 25.1 Å². The van der Waals surface area contributed by atoms with Crippen LogP contribution in [0, 0.1) is 6.92 Å². The average molecular weight is 583 g/mol. The van der Waals surface area contributed by atoms with Crippen molar-refractivity contribution in [2.24, 2.45) is 0 Å². The summed E-state index contributed by atoms with van der Waals surface area (Å²) in [6, 6.07) is 5.71. The molecule has 1 saturated heterocycles. The number of phenolic OH excluding ortho intramolecular Hbond substituents is 4. The predicted molar refractivity (Wildman–Crippen MR) is 141 cm³/mol. The summed E-state index contributed by atoms with van der Waals surface area (Å²) in [6.07, 6.45) is -8.91. The Kier molecular flexibility index (Phi) is 7.17. The molecule has 3 aromatic carbocycles. The lowest BCUT2D eigenvalue weighted by atomic mass is 9.77. The van der Waals surface area contributed by atoms with Gasteiger partial charge in [-0.2, -0.15) is 0 Å². The number of phenols is 4. The van der Waals surface area contributed by atoms with E-state index < -0.39 is 106 Å². The SMILES string of the molecule is CC(=O)c1c(O)cc(O)c(-c2c(C)cc(O)c3c2C(=O)c2cccc(O)c2C3=O)c1OC1OC(CO)C(O)C(O)C1O. The van der Waals surface area contributed by atoms with Gasteiger partial charge in [-0.15, -0.1) is 0 Å². The van der Waals surface area contributed by atoms with Gasteiger partial charge in [0.05, 0.1) is 23.3 Å². The number of carbonyl (C=O) groups excluding carboxylic acids is 3. The summed E-state index contributed by atoms with van der Waals surface area (Å²) in [5.41, 5.74) is -2.55. The van der Waals surface area contributed by atoms with Gasteiger partial charge in [-0.25, -0.2) is 0 Å². The van der Waals surface area contributed by atoms with Gasteiger partial charge in [-0.05, 0) is 31.5 Å². The van der Waals surface area contributed by atoms with E-state index in [9.17, 15) is 55.2 Å². The minimum absolute atomic E-state index is 0.102. The summed E-state index contributed by atoms with van der Waals surface area (Å²) in [5.74, 6) is -5.83. The van der Waals surface area contributed by atoms with Crippen LogP contribution >= 0.6 is 0 Å². The van der Waals surface area contributed by atoms with Crippen molar-refractivity contribution >= 4 is 17.3 Å². The molecule has 0 aromatic heterocycles. The standard InChI is InChI=1S/C29H26O13/c1-9-6-13(33)20-22(23(36)11-4-3-5-12(32)19(11)25(20)38)17(9)21-15(35)7-14(34)18(10(2)31)28(21)42-29-27(40)26(39)24(37)16(8-30)41-29/h3-7,16,24,26-27,29-30,32-35,37,39-40H,8H2,1-2H3. The zero-order valence-corrected chi connectivity index (χ0v) is 22.1. The van der Waals surface area contributed by atoms with E-state index in [1.54, 1.807) is 0 Å². The lowest BCUT2D eigenvalue weighted by Gasteiger charge is -2.40. The van der Waals surface area contributed by atoms with Crippen molar-refractivity contribution in [1.82, 2.24) is 0 Å². The maximum absolute atomic E-state index is 13.8. The fraction of sp³-hybridized carbons (Fsp3) is 0.276. The number of hydrogen-bond acceptors (Lipinski definition) is 13. The second kappa shape index (κ2) is 10.4. The summed E-state index contributed by atoms with van der Waals surface area (Å²) in [5, 5.41) is 83.5. The number of fused-ring (bicyclic) bond motifs is 2. The number of rotatable bonds is 5. The van der Waals surface area contributed by atoms with E-state index in [0.717, 1.165) is 19.1 Å². The largest absolute Gasteiger partial charge is 0.507 e. The zero-order chi connectivity index (χ0) is 30.8. The minimum atomic E-state index is -1.96. The van der Waals surface area contributed by atoms with Crippen LogP contribution in [-0.4, -0.2) is 95.5 Å². The zero-order valence-electron chi connectivity index (χ0n) is 22.1. The second-order valence-electron chi connectivity index (χ2n) is 10.1. The number of hydrogen-bond donors (Lipinski definition) is 8. The molecule has 0 amide bonds. The van der Waals surface area contributed by atoms with Crippen LogP contribution in [0.15, 0.2) is 30.3 Å². The molecule has 13 heteroatoms. The summed E-state index contributed by atoms with van der Waals surface area (Å²) in [6.45, 7) is 1.65. The van der Waals surface area contributed by atoms with Crippen molar-refractivity contribution < 1.29 is 64.7 Å². The number of aliphatic hydroxyl groups is 4. The first-order valence-corrected chi connectivity index (χ1v) is 12.6. The third-order valence-electron chi connectivity index (χ3n) is 7.40. The molecular weight excluding hydrogens is 556 g/mol. The van der Waals surface area contributed by atoms with Crippen molar-refractivity contribution in [2.75, 3.05) is 6.61 Å². The number of carbonyl (C=O) groups is 3. The molecule has 1 aliphatic heterocycles. The smallest absolute Gasteiger partial charge is 0.229 e. The number of aromatic hydroxyl groups is 4. The third kappa shape index (κ3) is 4.26. The van der Waals surface area contributed by atoms with Crippen LogP contribution in [0.2, 0.25) is 0 Å². The Labute approximate surface area is 237 Å². The lowest BCUT2D eigenvalue weighted by Crippen LogP contribution is -2.60. The van der Waals surface area contributed by atoms with Crippen LogP contribution in [0.5, 0.6) is 28.7 Å². The Morgan fingerprint density at radius 2 is 1.48 bits per heavy atom. The molecule has 8 N–H and O–H groups in total. The predicted octanol–water partition coefficient (Wildman–Crippen LogP) is 0.641. The molecule has 0 bridgehead atoms. The molecule has 0 saturated carbocycles. The van der Waals surface area contributed by atoms with Gasteiger partial charge in [-0.1, -0.05) is 12.1 Å². The third-order valence-corrected chi connectivity index (χ3v) is 7.40. The molecule has 5 rings (SSSR count). The van der Waals surface area contributed by atoms with Crippen LogP contribution in [-0.2, 0) is 4.74 Å². The highest BCUT2D eigenvalue weighted by Crippen LogP contribution is 2.51. The van der Waals surface area contributed by atoms with E-state index in [0.29, 0.717) is 0 Å². The van der Waals surface area contributed by atoms with Gasteiger partial charge < -0.3 is 50.3 Å². The van der Waals surface area contributed by atoms with Gasteiger partial charge >= 0.3 is 0 Å². The van der Waals surface area contributed by atoms with E-state index >= 15 is 0 Å². The molecule has 13 nitrogen and oxygen atoms in total. The van der Waals surface area contributed by atoms with Gasteiger partial charge in [0.15, 0.2) is 11.6 Å². The highest BCUT2D eigenvalue weighted by atomic mass is 16.7. The molecule has 0 radical (unpaired) electrons. The molecule has 1 aliphatic carbocycles. The Hall–Kier alpha value is -4.53. The Morgan fingerprint density at radius 1 is 0.810 bits per heavy atom. The highest BCUT2D eigenvalue weighted by Gasteiger charge is 2.46. The molecule has 5 unspecified atom stereocenters. The van der Waals surface area contributed by atoms with Crippen molar-refractivity contribution in [1.29, 1.82) is 0 Å². The molecular formula is C29H26O13. The molecule has 0 spiro atoms. The maximum atomic E-state index is 13.8. The summed E-state index contributed by atoms with van der Waals surface area (Å²) in [7, 11) is 0. The number of Topliss-reactive ketones (excluding diaryl/α,β-unsaturated/α-hetero) is 1. The van der Waals surface area contributed by atoms with Crippen LogP contribution < -0.4 is 4.74 Å². The van der Waals surface area contributed by atoms with E-state index in [-0.39, 0.29) is 22.3 Å². The fourth-order valence-electron chi connectivity index (χ4n) is 5.42. The summed E-state index contributed by atoms with van der Waals surface area (Å²) in [4.78, 5) is 40.1. The quantitative estimate of drug-likeness (QED) is 0.151. The van der Waals surface area contributed by atoms with E-state index in [1.807, 2.05) is 0 Å². The van der Waals surface area contributed by atoms with Gasteiger partial charge in [0, 0.05) is 22.8 Å². The summed E-state index contributed by atoms with van der Waals surface area (Å²) >= 11 is 0. The number of ether oxygens (including phenoxy) is 2. The highest BCUT2D eigenvalue weighted by molar-refractivity contribution is 6.32. The second-order valence-corrected chi connectivity index (χ2v) is 10.1. The van der Waals surface area contributed by atoms with Gasteiger partial charge in [-0.3, -0.25) is 14.4 Å². The minimum Gasteiger partial charge on any atom is -0.507 e. The average Bonchev–Trinajstić information content (AvgIpc) is 2.92. The first-order valence-electron chi connectivity index (χ1n) is 12.6. The van der Waals surface area contributed by atoms with Crippen LogP contribution in [0.1, 0.15) is 54.7 Å². The Bertz CT molecular complexity index is 1660. The molecule has 220 valence electrons. The van der Waals surface area contributed by atoms with Crippen molar-refractivity contribution in [3.05, 3.63) is 63.7 Å². The number of ketones is 3. The topological polar surface area (TPSA) is 232 Å². The molecule has 1 fully saturated rings. The lowest BCUT2D eigenvalue weighted by molar-refractivity contribution is -0.277. The van der Waals surface area contributed by atoms with E-state index in [2.05, 4.69) is 0 Å². The summed E-state index contributed by atoms with van der Waals surface area (Å²) < 4.78 is 11.2. The fourth-order valence-corrected chi connectivity index (χ4v) is 5.42. The Balaban J connectivity index is 1.81. The first kappa shape index (κ1) is 29.0. The first-order chi connectivity index (χ1) is 19.8. The molecule has 42 heavy (non-hydrogen) atoms. The number of benzene rings is 3. The molecule has 5 atom stereocenters. The van der Waals surface area contributed by atoms with Crippen molar-refractivity contribution in [3.63, 3.8) is 0 Å². The van der Waals surface area contributed by atoms with Crippen molar-refractivity contribution in [3.8, 4) is 39.9 Å². The molecule has 1 heterocycles. The molecule has 2 aliphatic rings. The van der Waals surface area contributed by atoms with Gasteiger partial charge in [0.2, 0.25) is 12.1 Å². The number of aliphatic hydroxyl groups excluding tert-OH is 4. The van der Waals surface area contributed by atoms with Crippen molar-refractivity contribution in [2.45, 2.75) is 44.6 Å². The maximum Gasteiger partial charge on any atom is 0.229 e. The van der Waals surface area contributed by atoms with Crippen LogP contribution in [0.25, 0.3) is 11.1 Å².